The van der Waals surface area contributed by atoms with Crippen LogP contribution in [0.3, 0.4) is 0 Å². The predicted molar refractivity (Wildman–Crippen MR) is 85.9 cm³/mol. The number of anilines is 2. The van der Waals surface area contributed by atoms with Gasteiger partial charge in [0.15, 0.2) is 5.69 Å². The quantitative estimate of drug-likeness (QED) is 0.734. The maximum Gasteiger partial charge on any atom is 0.298 e. The molecule has 0 aliphatic carbocycles. The van der Waals surface area contributed by atoms with Crippen LogP contribution in [0, 0.1) is 0 Å². The van der Waals surface area contributed by atoms with Crippen molar-refractivity contribution >= 4 is 27.5 Å². The largest absolute Gasteiger partial charge is 0.376 e. The van der Waals surface area contributed by atoms with Crippen molar-refractivity contribution in [1.29, 1.82) is 0 Å². The van der Waals surface area contributed by atoms with Crippen LogP contribution in [0.4, 0.5) is 11.4 Å². The summed E-state index contributed by atoms with van der Waals surface area (Å²) in [4.78, 5) is 12.3. The van der Waals surface area contributed by atoms with Gasteiger partial charge in [0.25, 0.3) is 16.1 Å². The Balaban J connectivity index is 1.70. The molecule has 1 aliphatic heterocycles. The van der Waals surface area contributed by atoms with Gasteiger partial charge in [-0.2, -0.15) is 8.42 Å². The third-order valence-corrected chi connectivity index (χ3v) is 4.51. The number of hydrogen-bond acceptors (Lipinski definition) is 6. The van der Waals surface area contributed by atoms with E-state index in [-0.39, 0.29) is 5.69 Å². The number of nitrogens with zero attached hydrogens (tertiary/aromatic N) is 1. The zero-order chi connectivity index (χ0) is 17.2. The maximum atomic E-state index is 12.3. The lowest BCUT2D eigenvalue weighted by molar-refractivity contribution is 0.0976. The van der Waals surface area contributed by atoms with Gasteiger partial charge in [-0.15, -0.1) is 0 Å². The molecule has 1 aromatic carbocycles. The molecule has 0 bridgehead atoms. The topological polar surface area (TPSA) is 123 Å². The molecule has 3 rings (SSSR count). The Morgan fingerprint density at radius 2 is 1.92 bits per heavy atom. The monoisotopic (exact) mass is 352 g/mol. The molecule has 3 N–H and O–H groups in total. The molecule has 0 fully saturated rings. The Morgan fingerprint density at radius 1 is 1.21 bits per heavy atom. The first-order valence-electron chi connectivity index (χ1n) is 7.16. The lowest BCUT2D eigenvalue weighted by Crippen LogP contribution is -2.26. The normalized spacial score (nSPS) is 14.0. The van der Waals surface area contributed by atoms with Crippen molar-refractivity contribution < 1.29 is 22.5 Å². The van der Waals surface area contributed by atoms with Gasteiger partial charge in [0.05, 0.1) is 18.8 Å². The first-order valence-corrected chi connectivity index (χ1v) is 8.64. The van der Waals surface area contributed by atoms with Crippen LogP contribution >= 0.6 is 0 Å². The Labute approximate surface area is 138 Å². The average Bonchev–Trinajstić information content (AvgIpc) is 3.00. The summed E-state index contributed by atoms with van der Waals surface area (Å²) in [6, 6.07) is 6.22. The van der Waals surface area contributed by atoms with Crippen LogP contribution in [0.5, 0.6) is 0 Å². The van der Waals surface area contributed by atoms with Crippen molar-refractivity contribution in [1.82, 2.24) is 9.88 Å². The molecule has 0 saturated heterocycles. The standard InChI is InChI=1S/C14H16N4O5S/c1-15-24(20,21)18-10-4-2-9(3-5-10)16-14(19)13-11-8-22-7-6-12(11)23-17-13/h2-5,15,18H,6-8H2,1H3,(H,16,19). The second kappa shape index (κ2) is 6.59. The molecule has 128 valence electrons. The van der Waals surface area contributed by atoms with Gasteiger partial charge in [0.1, 0.15) is 5.76 Å². The zero-order valence-corrected chi connectivity index (χ0v) is 13.6. The van der Waals surface area contributed by atoms with E-state index in [1.165, 1.54) is 19.2 Å². The Morgan fingerprint density at radius 3 is 2.62 bits per heavy atom. The highest BCUT2D eigenvalue weighted by atomic mass is 32.2. The summed E-state index contributed by atoms with van der Waals surface area (Å²) < 4.78 is 37.7. The molecule has 10 heteroatoms. The smallest absolute Gasteiger partial charge is 0.298 e. The lowest BCUT2D eigenvalue weighted by atomic mass is 10.1. The fourth-order valence-corrected chi connectivity index (χ4v) is 2.77. The van der Waals surface area contributed by atoms with Gasteiger partial charge in [-0.1, -0.05) is 5.16 Å². The molecule has 1 aromatic heterocycles. The van der Waals surface area contributed by atoms with E-state index in [1.807, 2.05) is 0 Å². The van der Waals surface area contributed by atoms with E-state index in [9.17, 15) is 13.2 Å². The van der Waals surface area contributed by atoms with Crippen molar-refractivity contribution in [3.8, 4) is 0 Å². The molecule has 1 aliphatic rings. The number of ether oxygens (including phenoxy) is 1. The summed E-state index contributed by atoms with van der Waals surface area (Å²) in [5.74, 6) is 0.261. The van der Waals surface area contributed by atoms with Crippen LogP contribution in [0.15, 0.2) is 28.8 Å². The summed E-state index contributed by atoms with van der Waals surface area (Å²) in [5, 5.41) is 6.49. The molecule has 9 nitrogen and oxygen atoms in total. The van der Waals surface area contributed by atoms with Crippen molar-refractivity contribution in [2.24, 2.45) is 0 Å². The molecule has 0 spiro atoms. The van der Waals surface area contributed by atoms with Gasteiger partial charge >= 0.3 is 0 Å². The Hall–Kier alpha value is -2.43. The number of rotatable bonds is 5. The molecule has 1 amide bonds. The fourth-order valence-electron chi connectivity index (χ4n) is 2.22. The van der Waals surface area contributed by atoms with E-state index in [0.29, 0.717) is 42.3 Å². The minimum absolute atomic E-state index is 0.199. The van der Waals surface area contributed by atoms with E-state index < -0.39 is 16.1 Å². The number of nitrogens with one attached hydrogen (secondary N) is 3. The second-order valence-electron chi connectivity index (χ2n) is 5.08. The van der Waals surface area contributed by atoms with Gasteiger partial charge in [-0.05, 0) is 24.3 Å². The van der Waals surface area contributed by atoms with Crippen LogP contribution in [0.2, 0.25) is 0 Å². The summed E-state index contributed by atoms with van der Waals surface area (Å²) in [5.41, 5.74) is 1.73. The van der Waals surface area contributed by atoms with Crippen molar-refractivity contribution in [2.75, 3.05) is 23.7 Å². The molecule has 0 atom stereocenters. The zero-order valence-electron chi connectivity index (χ0n) is 12.8. The number of carbonyl (C=O) groups excluding carboxylic acids is 1. The molecule has 0 unspecified atom stereocenters. The highest BCUT2D eigenvalue weighted by Crippen LogP contribution is 2.22. The van der Waals surface area contributed by atoms with E-state index in [2.05, 4.69) is 19.9 Å². The highest BCUT2D eigenvalue weighted by Gasteiger charge is 2.24. The summed E-state index contributed by atoms with van der Waals surface area (Å²) in [7, 11) is -2.27. The number of amides is 1. The van der Waals surface area contributed by atoms with E-state index in [1.54, 1.807) is 12.1 Å². The fraction of sp³-hybridized carbons (Fsp3) is 0.286. The second-order valence-corrected chi connectivity index (χ2v) is 6.70. The third-order valence-electron chi connectivity index (χ3n) is 3.47. The van der Waals surface area contributed by atoms with Crippen LogP contribution in [-0.2, 0) is 28.0 Å². The number of fused-ring (bicyclic) bond motifs is 1. The molecular formula is C14H16N4O5S. The van der Waals surface area contributed by atoms with Gasteiger partial charge in [-0.3, -0.25) is 9.52 Å². The van der Waals surface area contributed by atoms with Crippen molar-refractivity contribution in [3.05, 3.63) is 41.3 Å². The highest BCUT2D eigenvalue weighted by molar-refractivity contribution is 7.90. The van der Waals surface area contributed by atoms with Crippen LogP contribution in [0.1, 0.15) is 21.8 Å². The molecule has 2 aromatic rings. The Kier molecular flexibility index (Phi) is 4.51. The summed E-state index contributed by atoms with van der Waals surface area (Å²) in [6.07, 6.45) is 0.593. The molecule has 0 saturated carbocycles. The van der Waals surface area contributed by atoms with E-state index >= 15 is 0 Å². The molecule has 24 heavy (non-hydrogen) atoms. The van der Waals surface area contributed by atoms with Gasteiger partial charge in [-0.25, -0.2) is 4.72 Å². The maximum absolute atomic E-state index is 12.3. The average molecular weight is 352 g/mol. The number of aromatic nitrogens is 1. The summed E-state index contributed by atoms with van der Waals surface area (Å²) in [6.45, 7) is 0.847. The van der Waals surface area contributed by atoms with E-state index in [4.69, 9.17) is 9.26 Å². The molecule has 0 radical (unpaired) electrons. The third kappa shape index (κ3) is 3.55. The number of hydrogen-bond donors (Lipinski definition) is 3. The van der Waals surface area contributed by atoms with Crippen molar-refractivity contribution in [2.45, 2.75) is 13.0 Å². The molecule has 2 heterocycles. The van der Waals surface area contributed by atoms with Crippen LogP contribution < -0.4 is 14.8 Å². The Bertz CT molecular complexity index is 845. The van der Waals surface area contributed by atoms with Gasteiger partial charge < -0.3 is 14.6 Å². The minimum atomic E-state index is -3.58. The number of benzene rings is 1. The first kappa shape index (κ1) is 16.4. The lowest BCUT2D eigenvalue weighted by Gasteiger charge is -2.11. The SMILES string of the molecule is CNS(=O)(=O)Nc1ccc(NC(=O)c2noc3c2COCC3)cc1. The first-order chi connectivity index (χ1) is 11.5. The van der Waals surface area contributed by atoms with E-state index in [0.717, 1.165) is 0 Å². The predicted octanol–water partition coefficient (Wildman–Crippen LogP) is 0.876. The van der Waals surface area contributed by atoms with Crippen LogP contribution in [-0.4, -0.2) is 33.1 Å². The molecular weight excluding hydrogens is 336 g/mol. The number of carbonyl (C=O) groups is 1. The van der Waals surface area contributed by atoms with Gasteiger partial charge in [0.2, 0.25) is 0 Å². The van der Waals surface area contributed by atoms with Crippen LogP contribution in [0.25, 0.3) is 0 Å². The van der Waals surface area contributed by atoms with Gasteiger partial charge in [0, 0.05) is 24.8 Å². The summed E-state index contributed by atoms with van der Waals surface area (Å²) >= 11 is 0. The van der Waals surface area contributed by atoms with Crippen molar-refractivity contribution in [3.63, 3.8) is 0 Å². The minimum Gasteiger partial charge on any atom is -0.376 e.